The number of hydrogen-bond donors (Lipinski definition) is 1. The van der Waals surface area contributed by atoms with Gasteiger partial charge in [0, 0.05) is 5.69 Å². The summed E-state index contributed by atoms with van der Waals surface area (Å²) >= 11 is 0. The first-order valence-electron chi connectivity index (χ1n) is 8.30. The molecule has 0 bridgehead atoms. The maximum atomic E-state index is 11.8. The second-order valence-electron chi connectivity index (χ2n) is 5.95. The summed E-state index contributed by atoms with van der Waals surface area (Å²) in [5, 5.41) is 2.68. The van der Waals surface area contributed by atoms with Gasteiger partial charge < -0.3 is 19.5 Å². The number of esters is 1. The monoisotopic (exact) mass is 357 g/mol. The Hall–Kier alpha value is -3.02. The van der Waals surface area contributed by atoms with Crippen LogP contribution in [-0.2, 0) is 14.3 Å². The van der Waals surface area contributed by atoms with Crippen LogP contribution < -0.4 is 14.8 Å². The number of amides is 1. The van der Waals surface area contributed by atoms with Crippen molar-refractivity contribution in [2.45, 2.75) is 19.8 Å². The van der Waals surface area contributed by atoms with Crippen molar-refractivity contribution in [3.05, 3.63) is 54.1 Å². The second-order valence-corrected chi connectivity index (χ2v) is 5.95. The number of nitrogens with one attached hydrogen (secondary N) is 1. The largest absolute Gasteiger partial charge is 0.497 e. The molecule has 6 heteroatoms. The summed E-state index contributed by atoms with van der Waals surface area (Å²) in [4.78, 5) is 23.5. The maximum Gasteiger partial charge on any atom is 0.344 e. The predicted molar refractivity (Wildman–Crippen MR) is 98.6 cm³/mol. The maximum absolute atomic E-state index is 11.8. The number of benzene rings is 2. The van der Waals surface area contributed by atoms with Gasteiger partial charge in [0.2, 0.25) is 0 Å². The van der Waals surface area contributed by atoms with Crippen LogP contribution in [0.3, 0.4) is 0 Å². The lowest BCUT2D eigenvalue weighted by molar-refractivity contribution is -0.149. The summed E-state index contributed by atoms with van der Waals surface area (Å²) < 4.78 is 15.2. The van der Waals surface area contributed by atoms with Gasteiger partial charge in [-0.15, -0.1) is 0 Å². The molecule has 0 unspecified atom stereocenters. The average molecular weight is 357 g/mol. The zero-order valence-corrected chi connectivity index (χ0v) is 15.2. The van der Waals surface area contributed by atoms with Crippen LogP contribution in [0.4, 0.5) is 5.69 Å². The van der Waals surface area contributed by atoms with Crippen molar-refractivity contribution >= 4 is 17.6 Å². The van der Waals surface area contributed by atoms with E-state index in [1.54, 1.807) is 31.4 Å². The number of carbonyl (C=O) groups excluding carboxylic acids is 2. The van der Waals surface area contributed by atoms with E-state index < -0.39 is 11.9 Å². The summed E-state index contributed by atoms with van der Waals surface area (Å²) in [6.07, 6.45) is 0. The predicted octanol–water partition coefficient (Wildman–Crippen LogP) is 3.38. The van der Waals surface area contributed by atoms with Gasteiger partial charge >= 0.3 is 5.97 Å². The normalized spacial score (nSPS) is 10.3. The van der Waals surface area contributed by atoms with E-state index in [-0.39, 0.29) is 13.2 Å². The molecule has 0 fully saturated rings. The van der Waals surface area contributed by atoms with Crippen LogP contribution in [0.15, 0.2) is 48.5 Å². The molecule has 0 saturated heterocycles. The smallest absolute Gasteiger partial charge is 0.344 e. The Morgan fingerprint density at radius 3 is 2.12 bits per heavy atom. The number of methoxy groups -OCH3 is 1. The molecule has 26 heavy (non-hydrogen) atoms. The van der Waals surface area contributed by atoms with Crippen LogP contribution in [0, 0.1) is 0 Å². The SMILES string of the molecule is COc1ccc(OCC(=O)OCC(=O)Nc2ccc(C(C)C)cc2)cc1. The molecule has 138 valence electrons. The van der Waals surface area contributed by atoms with Crippen LogP contribution in [-0.4, -0.2) is 32.2 Å². The molecule has 1 amide bonds. The molecular formula is C20H23NO5. The number of rotatable bonds is 8. The molecular weight excluding hydrogens is 334 g/mol. The van der Waals surface area contributed by atoms with Gasteiger partial charge in [0.15, 0.2) is 13.2 Å². The van der Waals surface area contributed by atoms with Gasteiger partial charge in [0.1, 0.15) is 11.5 Å². The number of carbonyl (C=O) groups is 2. The fourth-order valence-electron chi connectivity index (χ4n) is 2.15. The van der Waals surface area contributed by atoms with E-state index in [1.807, 2.05) is 24.3 Å². The van der Waals surface area contributed by atoms with Gasteiger partial charge in [-0.25, -0.2) is 4.79 Å². The molecule has 0 aliphatic heterocycles. The molecule has 2 aromatic rings. The van der Waals surface area contributed by atoms with Gasteiger partial charge in [-0.1, -0.05) is 26.0 Å². The van der Waals surface area contributed by atoms with Crippen molar-refractivity contribution in [1.82, 2.24) is 0 Å². The van der Waals surface area contributed by atoms with Gasteiger partial charge in [-0.05, 0) is 47.9 Å². The fraction of sp³-hybridized carbons (Fsp3) is 0.300. The van der Waals surface area contributed by atoms with Gasteiger partial charge in [0.25, 0.3) is 5.91 Å². The van der Waals surface area contributed by atoms with E-state index in [4.69, 9.17) is 14.2 Å². The molecule has 2 aromatic carbocycles. The van der Waals surface area contributed by atoms with E-state index in [2.05, 4.69) is 19.2 Å². The minimum atomic E-state index is -0.619. The number of ether oxygens (including phenoxy) is 3. The Bertz CT molecular complexity index is 723. The first-order valence-corrected chi connectivity index (χ1v) is 8.30. The Morgan fingerprint density at radius 2 is 1.54 bits per heavy atom. The average Bonchev–Trinajstić information content (AvgIpc) is 2.65. The van der Waals surface area contributed by atoms with Gasteiger partial charge in [-0.3, -0.25) is 4.79 Å². The van der Waals surface area contributed by atoms with E-state index >= 15 is 0 Å². The molecule has 2 rings (SSSR count). The Balaban J connectivity index is 1.71. The summed E-state index contributed by atoms with van der Waals surface area (Å²) in [6, 6.07) is 14.4. The fourth-order valence-corrected chi connectivity index (χ4v) is 2.15. The lowest BCUT2D eigenvalue weighted by Crippen LogP contribution is -2.23. The van der Waals surface area contributed by atoms with Crippen LogP contribution in [0.25, 0.3) is 0 Å². The molecule has 0 spiro atoms. The summed E-state index contributed by atoms with van der Waals surface area (Å²) in [6.45, 7) is 3.56. The summed E-state index contributed by atoms with van der Waals surface area (Å²) in [7, 11) is 1.57. The standard InChI is InChI=1S/C20H23NO5/c1-14(2)15-4-6-16(7-5-15)21-19(22)12-26-20(23)13-25-18-10-8-17(24-3)9-11-18/h4-11,14H,12-13H2,1-3H3,(H,21,22). The van der Waals surface area contributed by atoms with Crippen LogP contribution in [0.2, 0.25) is 0 Å². The number of hydrogen-bond acceptors (Lipinski definition) is 5. The lowest BCUT2D eigenvalue weighted by atomic mass is 10.0. The van der Waals surface area contributed by atoms with Crippen molar-refractivity contribution in [2.24, 2.45) is 0 Å². The van der Waals surface area contributed by atoms with Crippen LogP contribution in [0.5, 0.6) is 11.5 Å². The Morgan fingerprint density at radius 1 is 0.923 bits per heavy atom. The number of anilines is 1. The first-order chi connectivity index (χ1) is 12.5. The third-order valence-corrected chi connectivity index (χ3v) is 3.64. The molecule has 0 aliphatic carbocycles. The minimum absolute atomic E-state index is 0.275. The molecule has 0 heterocycles. The van der Waals surface area contributed by atoms with Crippen molar-refractivity contribution in [1.29, 1.82) is 0 Å². The highest BCUT2D eigenvalue weighted by Gasteiger charge is 2.09. The molecule has 0 aromatic heterocycles. The van der Waals surface area contributed by atoms with E-state index in [1.165, 1.54) is 5.56 Å². The lowest BCUT2D eigenvalue weighted by Gasteiger charge is -2.09. The Labute approximate surface area is 153 Å². The quantitative estimate of drug-likeness (QED) is 0.733. The van der Waals surface area contributed by atoms with Crippen LogP contribution in [0.1, 0.15) is 25.3 Å². The Kier molecular flexibility index (Phi) is 7.02. The summed E-state index contributed by atoms with van der Waals surface area (Å²) in [5.74, 6) is 0.605. The summed E-state index contributed by atoms with van der Waals surface area (Å²) in [5.41, 5.74) is 1.84. The topological polar surface area (TPSA) is 73.9 Å². The molecule has 1 N–H and O–H groups in total. The minimum Gasteiger partial charge on any atom is -0.497 e. The third-order valence-electron chi connectivity index (χ3n) is 3.64. The highest BCUT2D eigenvalue weighted by Crippen LogP contribution is 2.18. The molecule has 0 radical (unpaired) electrons. The highest BCUT2D eigenvalue weighted by molar-refractivity contribution is 5.92. The van der Waals surface area contributed by atoms with Crippen molar-refractivity contribution in [3.8, 4) is 11.5 Å². The second kappa shape index (κ2) is 9.46. The van der Waals surface area contributed by atoms with Crippen LogP contribution >= 0.6 is 0 Å². The molecule has 6 nitrogen and oxygen atoms in total. The highest BCUT2D eigenvalue weighted by atomic mass is 16.6. The van der Waals surface area contributed by atoms with E-state index in [9.17, 15) is 9.59 Å². The third kappa shape index (κ3) is 6.12. The van der Waals surface area contributed by atoms with Crippen molar-refractivity contribution < 1.29 is 23.8 Å². The zero-order valence-electron chi connectivity index (χ0n) is 15.2. The zero-order chi connectivity index (χ0) is 18.9. The molecule has 0 saturated carbocycles. The van der Waals surface area contributed by atoms with Gasteiger partial charge in [0.05, 0.1) is 7.11 Å². The first kappa shape index (κ1) is 19.3. The van der Waals surface area contributed by atoms with Crippen molar-refractivity contribution in [3.63, 3.8) is 0 Å². The van der Waals surface area contributed by atoms with E-state index in [0.29, 0.717) is 23.1 Å². The molecule has 0 atom stereocenters. The van der Waals surface area contributed by atoms with Gasteiger partial charge in [-0.2, -0.15) is 0 Å². The molecule has 0 aliphatic rings. The van der Waals surface area contributed by atoms with E-state index in [0.717, 1.165) is 0 Å². The van der Waals surface area contributed by atoms with Crippen molar-refractivity contribution in [2.75, 3.05) is 25.6 Å².